The van der Waals surface area contributed by atoms with Gasteiger partial charge in [0.1, 0.15) is 0 Å². The molecule has 2 aromatic carbocycles. The summed E-state index contributed by atoms with van der Waals surface area (Å²) in [5.74, 6) is -0.698. The summed E-state index contributed by atoms with van der Waals surface area (Å²) >= 11 is 5.82. The lowest BCUT2D eigenvalue weighted by atomic mass is 10.1. The van der Waals surface area contributed by atoms with Crippen LogP contribution in [0.3, 0.4) is 0 Å². The van der Waals surface area contributed by atoms with Crippen molar-refractivity contribution in [2.24, 2.45) is 0 Å². The minimum Gasteiger partial charge on any atom is -0.352 e. The number of rotatable bonds is 6. The molecule has 0 fully saturated rings. The van der Waals surface area contributed by atoms with Gasteiger partial charge in [0.25, 0.3) is 11.8 Å². The summed E-state index contributed by atoms with van der Waals surface area (Å²) in [7, 11) is 0. The first-order valence-corrected chi connectivity index (χ1v) is 8.40. The van der Waals surface area contributed by atoms with Gasteiger partial charge in [0.05, 0.1) is 11.1 Å². The van der Waals surface area contributed by atoms with Crippen LogP contribution in [0.1, 0.15) is 39.1 Å². The second-order valence-electron chi connectivity index (χ2n) is 5.81. The Labute approximate surface area is 150 Å². The van der Waals surface area contributed by atoms with E-state index < -0.39 is 0 Å². The highest BCUT2D eigenvalue weighted by molar-refractivity contribution is 6.30. The highest BCUT2D eigenvalue weighted by Crippen LogP contribution is 2.22. The Kier molecular flexibility index (Phi) is 5.14. The molecule has 0 saturated carbocycles. The summed E-state index contributed by atoms with van der Waals surface area (Å²) in [5, 5.41) is 3.46. The average Bonchev–Trinajstić information content (AvgIpc) is 2.86. The van der Waals surface area contributed by atoms with Crippen molar-refractivity contribution in [1.82, 2.24) is 10.2 Å². The molecule has 128 valence electrons. The Bertz CT molecular complexity index is 783. The van der Waals surface area contributed by atoms with Crippen molar-refractivity contribution in [3.8, 4) is 0 Å². The van der Waals surface area contributed by atoms with Crippen LogP contribution < -0.4 is 5.32 Å². The van der Waals surface area contributed by atoms with E-state index in [0.29, 0.717) is 29.1 Å². The molecule has 0 atom stereocenters. The summed E-state index contributed by atoms with van der Waals surface area (Å²) in [5.41, 5.74) is 1.82. The van der Waals surface area contributed by atoms with Crippen LogP contribution in [0, 0.1) is 0 Å². The molecule has 0 saturated heterocycles. The second-order valence-corrected chi connectivity index (χ2v) is 6.25. The van der Waals surface area contributed by atoms with E-state index in [1.54, 1.807) is 36.4 Å². The molecule has 2 aromatic rings. The fourth-order valence-corrected chi connectivity index (χ4v) is 2.86. The van der Waals surface area contributed by atoms with Gasteiger partial charge in [-0.2, -0.15) is 0 Å². The fraction of sp³-hybridized carbons (Fsp3) is 0.211. The molecule has 1 heterocycles. The van der Waals surface area contributed by atoms with Crippen LogP contribution in [0.4, 0.5) is 0 Å². The number of fused-ring (bicyclic) bond motifs is 1. The van der Waals surface area contributed by atoms with E-state index in [-0.39, 0.29) is 30.7 Å². The lowest BCUT2D eigenvalue weighted by Gasteiger charge is -2.13. The monoisotopic (exact) mass is 356 g/mol. The number of benzene rings is 2. The lowest BCUT2D eigenvalue weighted by Crippen LogP contribution is -2.32. The number of amides is 3. The van der Waals surface area contributed by atoms with E-state index in [2.05, 4.69) is 5.32 Å². The molecule has 25 heavy (non-hydrogen) atoms. The summed E-state index contributed by atoms with van der Waals surface area (Å²) in [4.78, 5) is 37.5. The van der Waals surface area contributed by atoms with Crippen molar-refractivity contribution in [2.75, 3.05) is 6.54 Å². The predicted octanol–water partition coefficient (Wildman–Crippen LogP) is 3.03. The Morgan fingerprint density at radius 3 is 2.16 bits per heavy atom. The van der Waals surface area contributed by atoms with Crippen LogP contribution in [0.5, 0.6) is 0 Å². The Morgan fingerprint density at radius 2 is 1.56 bits per heavy atom. The molecule has 5 nitrogen and oxygen atoms in total. The van der Waals surface area contributed by atoms with E-state index in [1.165, 1.54) is 4.90 Å². The van der Waals surface area contributed by atoms with E-state index in [4.69, 9.17) is 11.6 Å². The van der Waals surface area contributed by atoms with Crippen LogP contribution in [-0.4, -0.2) is 29.2 Å². The number of nitrogens with zero attached hydrogens (tertiary/aromatic N) is 1. The lowest BCUT2D eigenvalue weighted by molar-refractivity contribution is -0.121. The van der Waals surface area contributed by atoms with E-state index in [9.17, 15) is 14.4 Å². The normalized spacial score (nSPS) is 13.1. The Balaban J connectivity index is 1.45. The minimum absolute atomic E-state index is 0.119. The Hall–Kier alpha value is -2.66. The van der Waals surface area contributed by atoms with E-state index in [0.717, 1.165) is 5.56 Å². The minimum atomic E-state index is -0.290. The van der Waals surface area contributed by atoms with Crippen molar-refractivity contribution < 1.29 is 14.4 Å². The van der Waals surface area contributed by atoms with Crippen molar-refractivity contribution in [1.29, 1.82) is 0 Å². The maximum absolute atomic E-state index is 12.2. The summed E-state index contributed by atoms with van der Waals surface area (Å²) in [6, 6.07) is 14.0. The fourth-order valence-electron chi connectivity index (χ4n) is 2.73. The molecule has 1 N–H and O–H groups in total. The molecule has 3 rings (SSSR count). The third kappa shape index (κ3) is 3.88. The molecule has 0 spiro atoms. The number of hydrogen-bond donors (Lipinski definition) is 1. The molecule has 1 aliphatic heterocycles. The maximum Gasteiger partial charge on any atom is 0.261 e. The van der Waals surface area contributed by atoms with Crippen LogP contribution in [-0.2, 0) is 11.3 Å². The van der Waals surface area contributed by atoms with Gasteiger partial charge in [0, 0.05) is 24.5 Å². The van der Waals surface area contributed by atoms with Gasteiger partial charge in [0.2, 0.25) is 5.91 Å². The molecular weight excluding hydrogens is 340 g/mol. The van der Waals surface area contributed by atoms with Crippen LogP contribution in [0.25, 0.3) is 0 Å². The zero-order valence-corrected chi connectivity index (χ0v) is 14.3. The zero-order chi connectivity index (χ0) is 17.8. The van der Waals surface area contributed by atoms with Crippen LogP contribution in [0.2, 0.25) is 5.02 Å². The third-order valence-corrected chi connectivity index (χ3v) is 4.32. The molecule has 3 amide bonds. The molecule has 1 aliphatic rings. The van der Waals surface area contributed by atoms with Gasteiger partial charge in [-0.3, -0.25) is 19.3 Å². The van der Waals surface area contributed by atoms with Gasteiger partial charge in [-0.15, -0.1) is 0 Å². The topological polar surface area (TPSA) is 66.5 Å². The molecule has 0 unspecified atom stereocenters. The highest BCUT2D eigenvalue weighted by atomic mass is 35.5. The number of nitrogens with one attached hydrogen (secondary N) is 1. The zero-order valence-electron chi connectivity index (χ0n) is 13.5. The molecular formula is C19H17ClN2O3. The number of imide groups is 1. The molecule has 0 bridgehead atoms. The van der Waals surface area contributed by atoms with Gasteiger partial charge >= 0.3 is 0 Å². The molecule has 0 aliphatic carbocycles. The van der Waals surface area contributed by atoms with Gasteiger partial charge in [0.15, 0.2) is 0 Å². The van der Waals surface area contributed by atoms with Crippen molar-refractivity contribution >= 4 is 29.3 Å². The number of carbonyl (C=O) groups excluding carboxylic acids is 3. The molecule has 6 heteroatoms. The summed E-state index contributed by atoms with van der Waals surface area (Å²) < 4.78 is 0. The van der Waals surface area contributed by atoms with Gasteiger partial charge in [-0.25, -0.2) is 0 Å². The van der Waals surface area contributed by atoms with Crippen LogP contribution >= 0.6 is 11.6 Å². The van der Waals surface area contributed by atoms with E-state index in [1.807, 2.05) is 12.1 Å². The first-order chi connectivity index (χ1) is 12.1. The quantitative estimate of drug-likeness (QED) is 0.809. The third-order valence-electron chi connectivity index (χ3n) is 4.07. The first kappa shape index (κ1) is 17.2. The second kappa shape index (κ2) is 7.49. The Morgan fingerprint density at radius 1 is 0.960 bits per heavy atom. The average molecular weight is 357 g/mol. The predicted molar refractivity (Wildman–Crippen MR) is 94.3 cm³/mol. The summed E-state index contributed by atoms with van der Waals surface area (Å²) in [6.07, 6.45) is 0.679. The van der Waals surface area contributed by atoms with Crippen molar-refractivity contribution in [3.05, 3.63) is 70.2 Å². The van der Waals surface area contributed by atoms with E-state index >= 15 is 0 Å². The van der Waals surface area contributed by atoms with Gasteiger partial charge in [-0.1, -0.05) is 35.9 Å². The summed E-state index contributed by atoms with van der Waals surface area (Å²) in [6.45, 7) is 0.656. The SMILES string of the molecule is O=C(CCCN1C(=O)c2ccccc2C1=O)NCc1ccc(Cl)cc1. The van der Waals surface area contributed by atoms with Crippen molar-refractivity contribution in [2.45, 2.75) is 19.4 Å². The number of hydrogen-bond acceptors (Lipinski definition) is 3. The van der Waals surface area contributed by atoms with Gasteiger partial charge in [-0.05, 0) is 36.2 Å². The number of carbonyl (C=O) groups is 3. The largest absolute Gasteiger partial charge is 0.352 e. The standard InChI is InChI=1S/C19H17ClN2O3/c20-14-9-7-13(8-10-14)12-21-17(23)6-3-11-22-18(24)15-4-1-2-5-16(15)19(22)25/h1-2,4-5,7-10H,3,6,11-12H2,(H,21,23). The van der Waals surface area contributed by atoms with Gasteiger partial charge < -0.3 is 5.32 Å². The number of halogens is 1. The first-order valence-electron chi connectivity index (χ1n) is 8.02. The van der Waals surface area contributed by atoms with Crippen LogP contribution in [0.15, 0.2) is 48.5 Å². The smallest absolute Gasteiger partial charge is 0.261 e. The molecule has 0 radical (unpaired) electrons. The maximum atomic E-state index is 12.2. The molecule has 0 aromatic heterocycles. The van der Waals surface area contributed by atoms with Crippen molar-refractivity contribution in [3.63, 3.8) is 0 Å². The highest BCUT2D eigenvalue weighted by Gasteiger charge is 2.34.